The van der Waals surface area contributed by atoms with Crippen molar-refractivity contribution in [1.29, 1.82) is 0 Å². The Hall–Kier alpha value is -2.45. The summed E-state index contributed by atoms with van der Waals surface area (Å²) in [6.07, 6.45) is -0.308. The van der Waals surface area contributed by atoms with Crippen LogP contribution in [-0.2, 0) is 31.0 Å². The number of carbonyl (C=O) groups excluding carboxylic acids is 3. The van der Waals surface area contributed by atoms with Crippen LogP contribution in [0.4, 0.5) is 0 Å². The highest BCUT2D eigenvalue weighted by Crippen LogP contribution is 2.29. The second-order valence-corrected chi connectivity index (χ2v) is 6.92. The van der Waals surface area contributed by atoms with E-state index in [-0.39, 0.29) is 17.6 Å². The van der Waals surface area contributed by atoms with Gasteiger partial charge in [-0.05, 0) is 35.1 Å². The summed E-state index contributed by atoms with van der Waals surface area (Å²) in [6, 6.07) is 2.37. The molecule has 0 bridgehead atoms. The van der Waals surface area contributed by atoms with Gasteiger partial charge in [-0.2, -0.15) is 0 Å². The number of benzene rings is 1. The molecule has 1 rings (SSSR count). The predicted molar refractivity (Wildman–Crippen MR) is 91.4 cm³/mol. The quantitative estimate of drug-likeness (QED) is 0.409. The fraction of sp³-hybridized carbons (Fsp3) is 0.471. The van der Waals surface area contributed by atoms with E-state index in [4.69, 9.17) is 17.2 Å². The average molecular weight is 351 g/mol. The second kappa shape index (κ2) is 8.09. The molecule has 8 heteroatoms. The molecule has 138 valence electrons. The first-order valence-corrected chi connectivity index (χ1v) is 7.79. The Bertz CT molecular complexity index is 667. The number of hydrogen-bond donors (Lipinski definition) is 4. The third-order valence-electron chi connectivity index (χ3n) is 3.57. The molecule has 0 aliphatic rings. The van der Waals surface area contributed by atoms with Crippen molar-refractivity contribution in [3.05, 3.63) is 29.3 Å². The summed E-state index contributed by atoms with van der Waals surface area (Å²) in [7, 11) is 0. The zero-order valence-electron chi connectivity index (χ0n) is 14.6. The van der Waals surface area contributed by atoms with Crippen LogP contribution in [0.5, 0.6) is 5.75 Å². The highest BCUT2D eigenvalue weighted by molar-refractivity contribution is 5.93. The Balaban J connectivity index is 2.82. The van der Waals surface area contributed by atoms with Gasteiger partial charge in [0.25, 0.3) is 0 Å². The summed E-state index contributed by atoms with van der Waals surface area (Å²) < 4.78 is 4.61. The number of primary amides is 1. The van der Waals surface area contributed by atoms with Crippen LogP contribution < -0.4 is 17.2 Å². The number of hydrogen-bond acceptors (Lipinski definition) is 7. The van der Waals surface area contributed by atoms with Gasteiger partial charge in [0.2, 0.25) is 5.91 Å². The average Bonchev–Trinajstić information content (AvgIpc) is 2.47. The minimum Gasteiger partial charge on any atom is -0.508 e. The molecule has 0 fully saturated rings. The highest BCUT2D eigenvalue weighted by atomic mass is 16.6. The lowest BCUT2D eigenvalue weighted by Gasteiger charge is -2.24. The Morgan fingerprint density at radius 1 is 1.12 bits per heavy atom. The van der Waals surface area contributed by atoms with Gasteiger partial charge in [0, 0.05) is 0 Å². The van der Waals surface area contributed by atoms with Crippen LogP contribution in [0, 0.1) is 0 Å². The van der Waals surface area contributed by atoms with Gasteiger partial charge in [-0.1, -0.05) is 26.8 Å². The zero-order chi connectivity index (χ0) is 19.4. The van der Waals surface area contributed by atoms with Crippen LogP contribution in [0.3, 0.4) is 0 Å². The molecule has 2 atom stereocenters. The van der Waals surface area contributed by atoms with E-state index in [1.165, 1.54) is 6.07 Å². The molecule has 1 aromatic rings. The minimum atomic E-state index is -1.31. The number of carbonyl (C=O) groups is 3. The van der Waals surface area contributed by atoms with Gasteiger partial charge in [-0.15, -0.1) is 0 Å². The minimum absolute atomic E-state index is 0.109. The van der Waals surface area contributed by atoms with Gasteiger partial charge in [0.15, 0.2) is 0 Å². The molecular formula is C17H25N3O5. The molecule has 1 aromatic carbocycles. The summed E-state index contributed by atoms with van der Waals surface area (Å²) in [5.74, 6) is -2.67. The molecule has 0 saturated carbocycles. The molecule has 0 aliphatic carbocycles. The first-order chi connectivity index (χ1) is 11.4. The van der Waals surface area contributed by atoms with E-state index in [1.54, 1.807) is 12.1 Å². The van der Waals surface area contributed by atoms with E-state index in [2.05, 4.69) is 4.74 Å². The van der Waals surface area contributed by atoms with Gasteiger partial charge in [0.1, 0.15) is 17.8 Å². The molecule has 0 heterocycles. The lowest BCUT2D eigenvalue weighted by Crippen LogP contribution is -2.42. The molecule has 7 N–H and O–H groups in total. The third kappa shape index (κ3) is 6.17. The number of ether oxygens (including phenoxy) is 1. The summed E-state index contributed by atoms with van der Waals surface area (Å²) in [5, 5.41) is 9.68. The summed E-state index contributed by atoms with van der Waals surface area (Å²) in [5.41, 5.74) is 17.5. The van der Waals surface area contributed by atoms with Crippen molar-refractivity contribution in [3.63, 3.8) is 0 Å². The maximum Gasteiger partial charge on any atom is 0.331 e. The zero-order valence-corrected chi connectivity index (χ0v) is 14.6. The normalized spacial score (nSPS) is 13.8. The highest BCUT2D eigenvalue weighted by Gasteiger charge is 2.26. The van der Waals surface area contributed by atoms with Crippen LogP contribution in [0.1, 0.15) is 38.3 Å². The molecule has 0 aliphatic heterocycles. The largest absolute Gasteiger partial charge is 0.508 e. The lowest BCUT2D eigenvalue weighted by atomic mass is 9.82. The molecule has 0 spiro atoms. The van der Waals surface area contributed by atoms with Crippen molar-refractivity contribution in [3.8, 4) is 5.75 Å². The standard InChI is InChI=1S/C17H25N3O5/c1-17(2,3)11-7-10(21)5-4-9(11)6-12(18)15(23)25-16(24)13(19)8-14(20)22/h4-5,7,12-13,21H,6,8,18-19H2,1-3H3,(H2,20,22)/t12-,13-/m0/s1. The van der Waals surface area contributed by atoms with E-state index >= 15 is 0 Å². The van der Waals surface area contributed by atoms with Gasteiger partial charge in [-0.3, -0.25) is 4.79 Å². The number of nitrogens with two attached hydrogens (primary N) is 3. The van der Waals surface area contributed by atoms with Crippen LogP contribution >= 0.6 is 0 Å². The van der Waals surface area contributed by atoms with Crippen molar-refractivity contribution in [1.82, 2.24) is 0 Å². The number of phenolic OH excluding ortho intramolecular Hbond substituents is 1. The van der Waals surface area contributed by atoms with E-state index < -0.39 is 36.4 Å². The van der Waals surface area contributed by atoms with Crippen molar-refractivity contribution in [2.24, 2.45) is 17.2 Å². The van der Waals surface area contributed by atoms with E-state index in [0.717, 1.165) is 11.1 Å². The summed E-state index contributed by atoms with van der Waals surface area (Å²) in [6.45, 7) is 5.88. The van der Waals surface area contributed by atoms with Gasteiger partial charge in [-0.25, -0.2) is 9.59 Å². The maximum absolute atomic E-state index is 12.0. The summed E-state index contributed by atoms with van der Waals surface area (Å²) >= 11 is 0. The van der Waals surface area contributed by atoms with Gasteiger partial charge in [0.05, 0.1) is 6.42 Å². The number of amides is 1. The first kappa shape index (κ1) is 20.6. The van der Waals surface area contributed by atoms with Crippen molar-refractivity contribution < 1.29 is 24.2 Å². The SMILES string of the molecule is CC(C)(C)c1cc(O)ccc1C[C@H](N)C(=O)OC(=O)[C@@H](N)CC(N)=O. The monoisotopic (exact) mass is 351 g/mol. The lowest BCUT2D eigenvalue weighted by molar-refractivity contribution is -0.162. The number of esters is 2. The maximum atomic E-state index is 12.0. The Labute approximate surface area is 146 Å². The first-order valence-electron chi connectivity index (χ1n) is 7.79. The number of phenols is 1. The Morgan fingerprint density at radius 2 is 1.68 bits per heavy atom. The van der Waals surface area contributed by atoms with Crippen LogP contribution in [0.25, 0.3) is 0 Å². The molecule has 0 radical (unpaired) electrons. The summed E-state index contributed by atoms with van der Waals surface area (Å²) in [4.78, 5) is 34.4. The molecular weight excluding hydrogens is 326 g/mol. The van der Waals surface area contributed by atoms with Crippen LogP contribution in [0.2, 0.25) is 0 Å². The van der Waals surface area contributed by atoms with Gasteiger partial charge < -0.3 is 27.0 Å². The Kier molecular flexibility index (Phi) is 6.66. The second-order valence-electron chi connectivity index (χ2n) is 6.92. The van der Waals surface area contributed by atoms with Crippen LogP contribution in [0.15, 0.2) is 18.2 Å². The van der Waals surface area contributed by atoms with Crippen molar-refractivity contribution in [2.75, 3.05) is 0 Å². The predicted octanol–water partition coefficient (Wildman–Crippen LogP) is -0.168. The molecule has 8 nitrogen and oxygen atoms in total. The molecule has 25 heavy (non-hydrogen) atoms. The van der Waals surface area contributed by atoms with Crippen LogP contribution in [-0.4, -0.2) is 35.0 Å². The fourth-order valence-corrected chi connectivity index (χ4v) is 2.31. The van der Waals surface area contributed by atoms with Crippen molar-refractivity contribution in [2.45, 2.75) is 51.1 Å². The smallest absolute Gasteiger partial charge is 0.331 e. The Morgan fingerprint density at radius 3 is 2.20 bits per heavy atom. The van der Waals surface area contributed by atoms with E-state index in [0.29, 0.717) is 0 Å². The van der Waals surface area contributed by atoms with E-state index in [1.807, 2.05) is 20.8 Å². The molecule has 0 aromatic heterocycles. The molecule has 0 unspecified atom stereocenters. The van der Waals surface area contributed by atoms with E-state index in [9.17, 15) is 19.5 Å². The fourth-order valence-electron chi connectivity index (χ4n) is 2.31. The number of aromatic hydroxyl groups is 1. The third-order valence-corrected chi connectivity index (χ3v) is 3.57. The number of rotatable bonds is 6. The molecule has 0 saturated heterocycles. The molecule has 1 amide bonds. The van der Waals surface area contributed by atoms with Gasteiger partial charge >= 0.3 is 11.9 Å². The topological polar surface area (TPSA) is 159 Å². The van der Waals surface area contributed by atoms with Crippen molar-refractivity contribution >= 4 is 17.8 Å².